The number of hydrogen-bond acceptors (Lipinski definition) is 3. The van der Waals surface area contributed by atoms with Crippen molar-refractivity contribution in [2.24, 2.45) is 0 Å². The number of hydrogen-bond donors (Lipinski definition) is 0. The van der Waals surface area contributed by atoms with Crippen molar-refractivity contribution in [2.75, 3.05) is 0 Å². The lowest BCUT2D eigenvalue weighted by molar-refractivity contribution is -0.107. The fourth-order valence-electron chi connectivity index (χ4n) is 3.29. The van der Waals surface area contributed by atoms with Crippen LogP contribution >= 0.6 is 0 Å². The van der Waals surface area contributed by atoms with E-state index >= 15 is 0 Å². The van der Waals surface area contributed by atoms with E-state index in [9.17, 15) is 4.79 Å². The summed E-state index contributed by atoms with van der Waals surface area (Å²) in [5.41, 5.74) is 2.19. The molecule has 0 aliphatic heterocycles. The molecule has 1 aromatic heterocycles. The molecule has 0 spiro atoms. The topological polar surface area (TPSA) is 43.1 Å². The van der Waals surface area contributed by atoms with Crippen LogP contribution in [0.4, 0.5) is 0 Å². The second kappa shape index (κ2) is 7.39. The molecule has 1 aromatic carbocycles. The van der Waals surface area contributed by atoms with Gasteiger partial charge in [0.2, 0.25) is 0 Å². The average Bonchev–Trinajstić information content (AvgIpc) is 2.80. The SMILES string of the molecule is O=CCCc1nc(C2CCCCCC2)c(-c2ccccc2)o1. The minimum atomic E-state index is 0.471. The lowest BCUT2D eigenvalue weighted by atomic mass is 9.94. The molecule has 1 saturated carbocycles. The number of oxazole rings is 1. The van der Waals surface area contributed by atoms with Crippen LogP contribution in [0, 0.1) is 0 Å². The van der Waals surface area contributed by atoms with Crippen molar-refractivity contribution in [3.8, 4) is 11.3 Å². The summed E-state index contributed by atoms with van der Waals surface area (Å²) in [5, 5.41) is 0. The second-order valence-electron chi connectivity index (χ2n) is 6.08. The van der Waals surface area contributed by atoms with Gasteiger partial charge in [0.25, 0.3) is 0 Å². The van der Waals surface area contributed by atoms with Crippen molar-refractivity contribution >= 4 is 6.29 Å². The fourth-order valence-corrected chi connectivity index (χ4v) is 3.29. The number of rotatable bonds is 5. The number of carbonyl (C=O) groups is 1. The molecular formula is C19H23NO2. The zero-order chi connectivity index (χ0) is 15.2. The van der Waals surface area contributed by atoms with Gasteiger partial charge in [-0.2, -0.15) is 0 Å². The third-order valence-corrected chi connectivity index (χ3v) is 4.45. The molecule has 116 valence electrons. The minimum Gasteiger partial charge on any atom is -0.440 e. The van der Waals surface area contributed by atoms with Crippen LogP contribution < -0.4 is 0 Å². The monoisotopic (exact) mass is 297 g/mol. The van der Waals surface area contributed by atoms with E-state index in [0.29, 0.717) is 24.7 Å². The van der Waals surface area contributed by atoms with Gasteiger partial charge in [0.05, 0.1) is 5.69 Å². The Hall–Kier alpha value is -1.90. The number of aldehydes is 1. The Labute approximate surface area is 131 Å². The maximum Gasteiger partial charge on any atom is 0.195 e. The summed E-state index contributed by atoms with van der Waals surface area (Å²) >= 11 is 0. The predicted molar refractivity (Wildman–Crippen MR) is 86.8 cm³/mol. The second-order valence-corrected chi connectivity index (χ2v) is 6.08. The molecule has 0 unspecified atom stereocenters. The van der Waals surface area contributed by atoms with Gasteiger partial charge in [-0.25, -0.2) is 4.98 Å². The van der Waals surface area contributed by atoms with E-state index in [0.717, 1.165) is 23.3 Å². The van der Waals surface area contributed by atoms with E-state index in [1.165, 1.54) is 38.5 Å². The molecule has 0 radical (unpaired) electrons. The third kappa shape index (κ3) is 3.46. The highest BCUT2D eigenvalue weighted by atomic mass is 16.4. The van der Waals surface area contributed by atoms with E-state index in [2.05, 4.69) is 12.1 Å². The van der Waals surface area contributed by atoms with Crippen LogP contribution in [0.5, 0.6) is 0 Å². The third-order valence-electron chi connectivity index (χ3n) is 4.45. The molecule has 1 fully saturated rings. The molecule has 0 saturated heterocycles. The molecular weight excluding hydrogens is 274 g/mol. The smallest absolute Gasteiger partial charge is 0.195 e. The highest BCUT2D eigenvalue weighted by Gasteiger charge is 2.24. The van der Waals surface area contributed by atoms with Gasteiger partial charge >= 0.3 is 0 Å². The number of carbonyl (C=O) groups excluding carboxylic acids is 1. The lowest BCUT2D eigenvalue weighted by Gasteiger charge is -2.12. The zero-order valence-corrected chi connectivity index (χ0v) is 13.0. The first kappa shape index (κ1) is 15.0. The van der Waals surface area contributed by atoms with Crippen LogP contribution in [0.1, 0.15) is 62.4 Å². The Morgan fingerprint density at radius 3 is 2.50 bits per heavy atom. The summed E-state index contributed by atoms with van der Waals surface area (Å²) < 4.78 is 6.03. The van der Waals surface area contributed by atoms with Gasteiger partial charge in [0.15, 0.2) is 11.7 Å². The molecule has 0 amide bonds. The molecule has 0 bridgehead atoms. The first-order valence-electron chi connectivity index (χ1n) is 8.37. The Morgan fingerprint density at radius 2 is 1.82 bits per heavy atom. The molecule has 3 heteroatoms. The van der Waals surface area contributed by atoms with Crippen LogP contribution in [0.3, 0.4) is 0 Å². The van der Waals surface area contributed by atoms with Gasteiger partial charge in [-0.1, -0.05) is 56.0 Å². The molecule has 0 N–H and O–H groups in total. The molecule has 2 aromatic rings. The van der Waals surface area contributed by atoms with E-state index in [4.69, 9.17) is 9.40 Å². The van der Waals surface area contributed by atoms with Crippen LogP contribution in [-0.4, -0.2) is 11.3 Å². The fraction of sp³-hybridized carbons (Fsp3) is 0.474. The van der Waals surface area contributed by atoms with Crippen LogP contribution in [0.25, 0.3) is 11.3 Å². The van der Waals surface area contributed by atoms with E-state index < -0.39 is 0 Å². The Morgan fingerprint density at radius 1 is 1.09 bits per heavy atom. The van der Waals surface area contributed by atoms with E-state index in [1.807, 2.05) is 18.2 Å². The van der Waals surface area contributed by atoms with Crippen molar-refractivity contribution < 1.29 is 9.21 Å². The average molecular weight is 297 g/mol. The summed E-state index contributed by atoms with van der Waals surface area (Å²) in [4.78, 5) is 15.4. The van der Waals surface area contributed by atoms with Gasteiger partial charge in [0, 0.05) is 24.3 Å². The Balaban J connectivity index is 1.94. The summed E-state index contributed by atoms with van der Waals surface area (Å²) in [5.74, 6) is 2.10. The van der Waals surface area contributed by atoms with Gasteiger partial charge in [0.1, 0.15) is 6.29 Å². The molecule has 0 atom stereocenters. The first-order valence-corrected chi connectivity index (χ1v) is 8.37. The Kier molecular flexibility index (Phi) is 5.04. The van der Waals surface area contributed by atoms with Crippen molar-refractivity contribution in [2.45, 2.75) is 57.3 Å². The predicted octanol–water partition coefficient (Wildman–Crippen LogP) is 4.91. The zero-order valence-electron chi connectivity index (χ0n) is 13.0. The molecule has 22 heavy (non-hydrogen) atoms. The maximum absolute atomic E-state index is 10.6. The Bertz CT molecular complexity index is 595. The number of aryl methyl sites for hydroxylation is 1. The first-order chi connectivity index (χ1) is 10.9. The highest BCUT2D eigenvalue weighted by Crippen LogP contribution is 2.37. The van der Waals surface area contributed by atoms with Crippen LogP contribution in [0.15, 0.2) is 34.7 Å². The quantitative estimate of drug-likeness (QED) is 0.581. The molecule has 3 rings (SSSR count). The molecule has 1 aliphatic rings. The standard InChI is InChI=1S/C19H23NO2/c21-14-8-13-17-20-18(15-9-4-1-2-5-10-15)19(22-17)16-11-6-3-7-12-16/h3,6-7,11-12,14-15H,1-2,4-5,8-10,13H2. The van der Waals surface area contributed by atoms with Crippen LogP contribution in [0.2, 0.25) is 0 Å². The molecule has 3 nitrogen and oxygen atoms in total. The van der Waals surface area contributed by atoms with E-state index in [-0.39, 0.29) is 0 Å². The normalized spacial score (nSPS) is 16.4. The van der Waals surface area contributed by atoms with Crippen molar-refractivity contribution in [1.82, 2.24) is 4.98 Å². The van der Waals surface area contributed by atoms with Crippen LogP contribution in [-0.2, 0) is 11.2 Å². The lowest BCUT2D eigenvalue weighted by Crippen LogP contribution is -2.00. The van der Waals surface area contributed by atoms with Gasteiger partial charge in [-0.3, -0.25) is 0 Å². The van der Waals surface area contributed by atoms with E-state index in [1.54, 1.807) is 0 Å². The molecule has 1 heterocycles. The van der Waals surface area contributed by atoms with Gasteiger partial charge < -0.3 is 9.21 Å². The maximum atomic E-state index is 10.6. The van der Waals surface area contributed by atoms with Crippen molar-refractivity contribution in [1.29, 1.82) is 0 Å². The van der Waals surface area contributed by atoms with Crippen molar-refractivity contribution in [3.63, 3.8) is 0 Å². The minimum absolute atomic E-state index is 0.471. The van der Waals surface area contributed by atoms with Gasteiger partial charge in [-0.15, -0.1) is 0 Å². The number of nitrogens with zero attached hydrogens (tertiary/aromatic N) is 1. The van der Waals surface area contributed by atoms with Crippen molar-refractivity contribution in [3.05, 3.63) is 41.9 Å². The number of benzene rings is 1. The summed E-state index contributed by atoms with van der Waals surface area (Å²) in [6.45, 7) is 0. The van der Waals surface area contributed by atoms with Gasteiger partial charge in [-0.05, 0) is 12.8 Å². The summed E-state index contributed by atoms with van der Waals surface area (Å²) in [7, 11) is 0. The molecule has 1 aliphatic carbocycles. The number of aromatic nitrogens is 1. The highest BCUT2D eigenvalue weighted by molar-refractivity contribution is 5.60. The summed E-state index contributed by atoms with van der Waals surface area (Å²) in [6, 6.07) is 10.2. The largest absolute Gasteiger partial charge is 0.440 e. The summed E-state index contributed by atoms with van der Waals surface area (Å²) in [6.07, 6.45) is 9.58.